The molecule has 1 N–H and O–H groups in total. The molecule has 176 valence electrons. The number of aryl methyl sites for hydroxylation is 1. The molecule has 33 heavy (non-hydrogen) atoms. The molecule has 0 saturated carbocycles. The van der Waals surface area contributed by atoms with Crippen LogP contribution in [0.3, 0.4) is 0 Å². The summed E-state index contributed by atoms with van der Waals surface area (Å²) in [5, 5.41) is 3.15. The van der Waals surface area contributed by atoms with Crippen LogP contribution in [0, 0.1) is 12.7 Å². The van der Waals surface area contributed by atoms with Crippen LogP contribution in [0.1, 0.15) is 32.7 Å². The second-order valence-electron chi connectivity index (χ2n) is 7.87. The zero-order chi connectivity index (χ0) is 24.0. The summed E-state index contributed by atoms with van der Waals surface area (Å²) in [7, 11) is 0. The molecule has 6 nitrogen and oxygen atoms in total. The number of nitrogens with zero attached hydrogens (tertiary/aromatic N) is 2. The Morgan fingerprint density at radius 2 is 1.76 bits per heavy atom. The maximum Gasteiger partial charge on any atom is 0.254 e. The zero-order valence-corrected chi connectivity index (χ0v) is 20.2. The van der Waals surface area contributed by atoms with Crippen molar-refractivity contribution in [3.05, 3.63) is 70.0 Å². The molecular formula is C24H27ClFN3O3S. The fourth-order valence-corrected chi connectivity index (χ4v) is 4.33. The molecule has 1 aliphatic heterocycles. The molecule has 2 aromatic rings. The van der Waals surface area contributed by atoms with Crippen molar-refractivity contribution in [3.8, 4) is 0 Å². The van der Waals surface area contributed by atoms with Gasteiger partial charge in [0.15, 0.2) is 0 Å². The summed E-state index contributed by atoms with van der Waals surface area (Å²) in [6.45, 7) is 3.01. The molecule has 2 aromatic carbocycles. The highest BCUT2D eigenvalue weighted by molar-refractivity contribution is 7.98. The minimum Gasteiger partial charge on any atom is -0.340 e. The molecule has 0 aliphatic carbocycles. The molecule has 3 amide bonds. The fourth-order valence-electron chi connectivity index (χ4n) is 3.63. The highest BCUT2D eigenvalue weighted by Crippen LogP contribution is 2.17. The molecule has 1 atom stereocenters. The Hall–Kier alpha value is -2.58. The molecule has 0 aromatic heterocycles. The van der Waals surface area contributed by atoms with Gasteiger partial charge in [0.05, 0.1) is 10.6 Å². The third kappa shape index (κ3) is 6.26. The van der Waals surface area contributed by atoms with Gasteiger partial charge in [0.1, 0.15) is 11.9 Å². The highest BCUT2D eigenvalue weighted by Gasteiger charge is 2.30. The number of nitrogens with one attached hydrogen (secondary N) is 1. The first-order valence-electron chi connectivity index (χ1n) is 10.7. The largest absolute Gasteiger partial charge is 0.340 e. The van der Waals surface area contributed by atoms with E-state index in [0.717, 1.165) is 0 Å². The Morgan fingerprint density at radius 3 is 2.39 bits per heavy atom. The van der Waals surface area contributed by atoms with Crippen LogP contribution in [-0.2, 0) is 4.79 Å². The average molecular weight is 492 g/mol. The minimum atomic E-state index is -0.685. The summed E-state index contributed by atoms with van der Waals surface area (Å²) in [5.74, 6) is -0.544. The van der Waals surface area contributed by atoms with E-state index in [1.165, 1.54) is 6.07 Å². The normalized spacial score (nSPS) is 14.7. The first-order chi connectivity index (χ1) is 15.8. The van der Waals surface area contributed by atoms with Gasteiger partial charge in [-0.2, -0.15) is 11.8 Å². The lowest BCUT2D eigenvalue weighted by atomic mass is 10.1. The quantitative estimate of drug-likeness (QED) is 0.642. The summed E-state index contributed by atoms with van der Waals surface area (Å²) in [5.41, 5.74) is 1.10. The summed E-state index contributed by atoms with van der Waals surface area (Å²) in [6, 6.07) is 10.5. The van der Waals surface area contributed by atoms with Crippen molar-refractivity contribution in [1.29, 1.82) is 0 Å². The van der Waals surface area contributed by atoms with E-state index >= 15 is 0 Å². The number of thioether (sulfide) groups is 1. The summed E-state index contributed by atoms with van der Waals surface area (Å²) >= 11 is 7.72. The van der Waals surface area contributed by atoms with Crippen molar-refractivity contribution in [3.63, 3.8) is 0 Å². The van der Waals surface area contributed by atoms with E-state index in [9.17, 15) is 18.8 Å². The molecule has 3 rings (SSSR count). The van der Waals surface area contributed by atoms with Gasteiger partial charge in [-0.05, 0) is 55.2 Å². The topological polar surface area (TPSA) is 69.7 Å². The van der Waals surface area contributed by atoms with E-state index in [0.29, 0.717) is 60.1 Å². The standard InChI is InChI=1S/C24H27ClFN3O3S/c1-16-7-8-17(15-20(16)26)23(31)28-10-12-29(13-11-28)24(32)21(9-14-33-2)27-22(30)18-5-3-4-6-19(18)25/h3-8,15,21H,9-14H2,1-2H3,(H,27,30). The summed E-state index contributed by atoms with van der Waals surface area (Å²) in [6.07, 6.45) is 2.42. The average Bonchev–Trinajstić information content (AvgIpc) is 2.82. The predicted molar refractivity (Wildman–Crippen MR) is 129 cm³/mol. The van der Waals surface area contributed by atoms with E-state index in [2.05, 4.69) is 5.32 Å². The van der Waals surface area contributed by atoms with Crippen molar-refractivity contribution in [2.24, 2.45) is 0 Å². The van der Waals surface area contributed by atoms with Gasteiger partial charge >= 0.3 is 0 Å². The maximum atomic E-state index is 13.8. The number of carbonyl (C=O) groups is 3. The molecule has 1 saturated heterocycles. The molecule has 0 radical (unpaired) electrons. The molecule has 1 fully saturated rings. The van der Waals surface area contributed by atoms with Crippen LogP contribution >= 0.6 is 23.4 Å². The third-order valence-electron chi connectivity index (χ3n) is 5.63. The SMILES string of the molecule is CSCCC(NC(=O)c1ccccc1Cl)C(=O)N1CCN(C(=O)c2ccc(C)c(F)c2)CC1. The van der Waals surface area contributed by atoms with Gasteiger partial charge in [-0.3, -0.25) is 14.4 Å². The van der Waals surface area contributed by atoms with Crippen molar-refractivity contribution < 1.29 is 18.8 Å². The van der Waals surface area contributed by atoms with Crippen LogP contribution in [0.5, 0.6) is 0 Å². The fraction of sp³-hybridized carbons (Fsp3) is 0.375. The lowest BCUT2D eigenvalue weighted by Crippen LogP contribution is -2.56. The molecule has 1 aliphatic rings. The summed E-state index contributed by atoms with van der Waals surface area (Å²) in [4.78, 5) is 41.9. The van der Waals surface area contributed by atoms with Crippen molar-refractivity contribution in [1.82, 2.24) is 15.1 Å². The molecule has 1 unspecified atom stereocenters. The smallest absolute Gasteiger partial charge is 0.254 e. The second-order valence-corrected chi connectivity index (χ2v) is 9.26. The Labute approximate surface area is 202 Å². The molecule has 9 heteroatoms. The number of rotatable bonds is 7. The van der Waals surface area contributed by atoms with Gasteiger partial charge in [0.2, 0.25) is 5.91 Å². The Morgan fingerprint density at radius 1 is 1.09 bits per heavy atom. The number of halogens is 2. The van der Waals surface area contributed by atoms with Crippen molar-refractivity contribution >= 4 is 41.1 Å². The van der Waals surface area contributed by atoms with E-state index in [1.54, 1.807) is 64.9 Å². The highest BCUT2D eigenvalue weighted by atomic mass is 35.5. The van der Waals surface area contributed by atoms with Crippen LogP contribution in [-0.4, -0.2) is 71.8 Å². The number of hydrogen-bond donors (Lipinski definition) is 1. The van der Waals surface area contributed by atoms with E-state index in [1.807, 2.05) is 6.26 Å². The van der Waals surface area contributed by atoms with Gasteiger partial charge in [0.25, 0.3) is 11.8 Å². The number of amides is 3. The van der Waals surface area contributed by atoms with Gasteiger partial charge in [-0.1, -0.05) is 29.8 Å². The molecule has 0 spiro atoms. The number of piperazine rings is 1. The van der Waals surface area contributed by atoms with E-state index < -0.39 is 17.8 Å². The lowest BCUT2D eigenvalue weighted by molar-refractivity contribution is -0.134. The van der Waals surface area contributed by atoms with Crippen LogP contribution in [0.15, 0.2) is 42.5 Å². The minimum absolute atomic E-state index is 0.182. The zero-order valence-electron chi connectivity index (χ0n) is 18.6. The summed E-state index contributed by atoms with van der Waals surface area (Å²) < 4.78 is 13.8. The second kappa shape index (κ2) is 11.5. The molecular weight excluding hydrogens is 465 g/mol. The van der Waals surface area contributed by atoms with Gasteiger partial charge in [-0.15, -0.1) is 0 Å². The van der Waals surface area contributed by atoms with Gasteiger partial charge < -0.3 is 15.1 Å². The number of hydrogen-bond acceptors (Lipinski definition) is 4. The van der Waals surface area contributed by atoms with Gasteiger partial charge in [0, 0.05) is 31.7 Å². The lowest BCUT2D eigenvalue weighted by Gasteiger charge is -2.36. The van der Waals surface area contributed by atoms with Crippen LogP contribution in [0.4, 0.5) is 4.39 Å². The molecule has 0 bridgehead atoms. The Kier molecular flexibility index (Phi) is 8.74. The van der Waals surface area contributed by atoms with E-state index in [4.69, 9.17) is 11.6 Å². The first kappa shape index (κ1) is 25.1. The number of benzene rings is 2. The Bertz CT molecular complexity index is 1030. The van der Waals surface area contributed by atoms with Crippen molar-refractivity contribution in [2.75, 3.05) is 38.2 Å². The van der Waals surface area contributed by atoms with Crippen LogP contribution < -0.4 is 5.32 Å². The van der Waals surface area contributed by atoms with Crippen LogP contribution in [0.2, 0.25) is 5.02 Å². The first-order valence-corrected chi connectivity index (χ1v) is 12.5. The molecule has 1 heterocycles. The number of carbonyl (C=O) groups excluding carboxylic acids is 3. The Balaban J connectivity index is 1.63. The third-order valence-corrected chi connectivity index (χ3v) is 6.60. The van der Waals surface area contributed by atoms with Gasteiger partial charge in [-0.25, -0.2) is 4.39 Å². The van der Waals surface area contributed by atoms with E-state index in [-0.39, 0.29) is 11.8 Å². The van der Waals surface area contributed by atoms with Crippen molar-refractivity contribution in [2.45, 2.75) is 19.4 Å². The van der Waals surface area contributed by atoms with Crippen LogP contribution in [0.25, 0.3) is 0 Å². The monoisotopic (exact) mass is 491 g/mol. The maximum absolute atomic E-state index is 13.8. The predicted octanol–water partition coefficient (Wildman–Crippen LogP) is 3.62.